The van der Waals surface area contributed by atoms with Gasteiger partial charge in [0.15, 0.2) is 0 Å². The van der Waals surface area contributed by atoms with Gasteiger partial charge in [0, 0.05) is 11.1 Å². The van der Waals surface area contributed by atoms with Gasteiger partial charge in [-0.15, -0.1) is 0 Å². The van der Waals surface area contributed by atoms with Crippen molar-refractivity contribution in [3.63, 3.8) is 0 Å². The first-order chi connectivity index (χ1) is 14.0. The van der Waals surface area contributed by atoms with Crippen molar-refractivity contribution >= 4 is 23.0 Å². The van der Waals surface area contributed by atoms with Gasteiger partial charge >= 0.3 is 5.97 Å². The Morgan fingerprint density at radius 1 is 1.07 bits per heavy atom. The van der Waals surface area contributed by atoms with Crippen LogP contribution in [0.15, 0.2) is 64.9 Å². The van der Waals surface area contributed by atoms with E-state index in [0.29, 0.717) is 28.1 Å². The summed E-state index contributed by atoms with van der Waals surface area (Å²) in [6, 6.07) is 13.2. The second-order valence-electron chi connectivity index (χ2n) is 5.93. The maximum absolute atomic E-state index is 13.2. The van der Waals surface area contributed by atoms with Crippen LogP contribution in [0.5, 0.6) is 0 Å². The predicted molar refractivity (Wildman–Crippen MR) is 110 cm³/mol. The molecule has 0 unspecified atom stereocenters. The van der Waals surface area contributed by atoms with Crippen LogP contribution in [0.4, 0.5) is 4.39 Å². The first-order valence-electron chi connectivity index (χ1n) is 8.88. The molecule has 2 aromatic rings. The molecule has 0 fully saturated rings. The fourth-order valence-corrected chi connectivity index (χ4v) is 2.67. The summed E-state index contributed by atoms with van der Waals surface area (Å²) in [7, 11) is 2.75. The zero-order valence-corrected chi connectivity index (χ0v) is 16.8. The summed E-state index contributed by atoms with van der Waals surface area (Å²) >= 11 is 0. The number of oxime groups is 2. The van der Waals surface area contributed by atoms with Gasteiger partial charge in [0.25, 0.3) is 0 Å². The van der Waals surface area contributed by atoms with Gasteiger partial charge in [0.1, 0.15) is 31.0 Å². The van der Waals surface area contributed by atoms with E-state index in [9.17, 15) is 9.18 Å². The van der Waals surface area contributed by atoms with Crippen molar-refractivity contribution in [3.8, 4) is 0 Å². The third kappa shape index (κ3) is 5.75. The number of benzene rings is 2. The predicted octanol–water partition coefficient (Wildman–Crippen LogP) is 4.35. The summed E-state index contributed by atoms with van der Waals surface area (Å²) in [6.45, 7) is 3.60. The van der Waals surface area contributed by atoms with E-state index < -0.39 is 5.97 Å². The molecule has 0 aliphatic heterocycles. The van der Waals surface area contributed by atoms with Crippen LogP contribution < -0.4 is 0 Å². The molecule has 0 saturated carbocycles. The Bertz CT molecular complexity index is 934. The van der Waals surface area contributed by atoms with E-state index in [0.717, 1.165) is 5.56 Å². The SMILES string of the molecule is C/C=C(/C(=O)OC)c1ccccc1CO/N=C(C)/C(=N/OC)c1ccc(F)cc1. The third-order valence-electron chi connectivity index (χ3n) is 4.07. The molecule has 0 N–H and O–H groups in total. The zero-order chi connectivity index (χ0) is 21.2. The molecule has 2 rings (SSSR count). The summed E-state index contributed by atoms with van der Waals surface area (Å²) in [6.07, 6.45) is 1.69. The molecule has 0 radical (unpaired) electrons. The van der Waals surface area contributed by atoms with Crippen molar-refractivity contribution in [1.29, 1.82) is 0 Å². The van der Waals surface area contributed by atoms with Gasteiger partial charge in [0.2, 0.25) is 0 Å². The van der Waals surface area contributed by atoms with Crippen LogP contribution in [0.2, 0.25) is 0 Å². The number of ether oxygens (including phenoxy) is 1. The maximum atomic E-state index is 13.2. The summed E-state index contributed by atoms with van der Waals surface area (Å²) < 4.78 is 18.0. The maximum Gasteiger partial charge on any atom is 0.338 e. The van der Waals surface area contributed by atoms with Crippen LogP contribution in [0.3, 0.4) is 0 Å². The molecule has 0 aliphatic rings. The van der Waals surface area contributed by atoms with Gasteiger partial charge < -0.3 is 14.4 Å². The molecule has 0 aliphatic carbocycles. The van der Waals surface area contributed by atoms with Crippen molar-refractivity contribution in [2.45, 2.75) is 20.5 Å². The van der Waals surface area contributed by atoms with E-state index in [4.69, 9.17) is 14.4 Å². The number of carbonyl (C=O) groups excluding carboxylic acids is 1. The zero-order valence-electron chi connectivity index (χ0n) is 16.8. The number of carbonyl (C=O) groups is 1. The average molecular weight is 398 g/mol. The van der Waals surface area contributed by atoms with Crippen LogP contribution in [-0.2, 0) is 25.8 Å². The van der Waals surface area contributed by atoms with Crippen LogP contribution in [0.1, 0.15) is 30.5 Å². The van der Waals surface area contributed by atoms with E-state index in [-0.39, 0.29) is 12.4 Å². The summed E-state index contributed by atoms with van der Waals surface area (Å²) in [5.41, 5.74) is 3.44. The van der Waals surface area contributed by atoms with Crippen molar-refractivity contribution in [1.82, 2.24) is 0 Å². The molecular weight excluding hydrogens is 375 g/mol. The second kappa shape index (κ2) is 10.8. The Hall–Kier alpha value is -3.48. The van der Waals surface area contributed by atoms with Gasteiger partial charge in [-0.2, -0.15) is 0 Å². The van der Waals surface area contributed by atoms with Gasteiger partial charge in [-0.3, -0.25) is 0 Å². The van der Waals surface area contributed by atoms with E-state index >= 15 is 0 Å². The van der Waals surface area contributed by atoms with Crippen molar-refractivity contribution in [2.75, 3.05) is 14.2 Å². The molecule has 0 saturated heterocycles. The number of hydrogen-bond acceptors (Lipinski definition) is 6. The van der Waals surface area contributed by atoms with E-state index in [1.54, 1.807) is 32.1 Å². The lowest BCUT2D eigenvalue weighted by molar-refractivity contribution is -0.133. The number of esters is 1. The normalized spacial score (nSPS) is 12.5. The number of methoxy groups -OCH3 is 1. The molecule has 0 heterocycles. The van der Waals surface area contributed by atoms with Crippen LogP contribution in [-0.4, -0.2) is 31.6 Å². The van der Waals surface area contributed by atoms with E-state index in [1.165, 1.54) is 26.4 Å². The minimum absolute atomic E-state index is 0.130. The highest BCUT2D eigenvalue weighted by Gasteiger charge is 2.15. The Kier molecular flexibility index (Phi) is 8.09. The number of hydrogen-bond donors (Lipinski definition) is 0. The molecule has 2 aromatic carbocycles. The van der Waals surface area contributed by atoms with E-state index in [2.05, 4.69) is 10.3 Å². The fraction of sp³-hybridized carbons (Fsp3) is 0.227. The minimum Gasteiger partial charge on any atom is -0.465 e. The molecule has 0 bridgehead atoms. The number of nitrogens with zero attached hydrogens (tertiary/aromatic N) is 2. The first kappa shape index (κ1) is 21.8. The second-order valence-corrected chi connectivity index (χ2v) is 5.93. The molecule has 29 heavy (non-hydrogen) atoms. The lowest BCUT2D eigenvalue weighted by Gasteiger charge is -2.11. The third-order valence-corrected chi connectivity index (χ3v) is 4.07. The Morgan fingerprint density at radius 2 is 1.76 bits per heavy atom. The summed E-state index contributed by atoms with van der Waals surface area (Å²) in [5, 5.41) is 8.06. The Morgan fingerprint density at radius 3 is 2.38 bits per heavy atom. The van der Waals surface area contributed by atoms with Crippen molar-refractivity contribution < 1.29 is 23.6 Å². The largest absolute Gasteiger partial charge is 0.465 e. The standard InChI is InChI=1S/C22H23FN2O4/c1-5-19(22(26)27-3)20-9-7-6-8-17(20)14-29-24-15(2)21(25-28-4)16-10-12-18(23)13-11-16/h5-13H,14H2,1-4H3/b19-5+,24-15+,25-21-. The Balaban J connectivity index is 2.21. The highest BCUT2D eigenvalue weighted by Crippen LogP contribution is 2.21. The molecule has 0 amide bonds. The summed E-state index contributed by atoms with van der Waals surface area (Å²) in [4.78, 5) is 22.4. The number of allylic oxidation sites excluding steroid dienone is 1. The smallest absolute Gasteiger partial charge is 0.338 e. The molecule has 0 spiro atoms. The van der Waals surface area contributed by atoms with Crippen LogP contribution >= 0.6 is 0 Å². The lowest BCUT2D eigenvalue weighted by Crippen LogP contribution is -2.13. The first-order valence-corrected chi connectivity index (χ1v) is 8.88. The van der Waals surface area contributed by atoms with Gasteiger partial charge in [-0.05, 0) is 43.7 Å². The number of rotatable bonds is 8. The van der Waals surface area contributed by atoms with Crippen LogP contribution in [0, 0.1) is 5.82 Å². The van der Waals surface area contributed by atoms with Gasteiger partial charge in [-0.25, -0.2) is 9.18 Å². The van der Waals surface area contributed by atoms with E-state index in [1.807, 2.05) is 24.3 Å². The minimum atomic E-state index is -0.426. The molecular formula is C22H23FN2O4. The highest BCUT2D eigenvalue weighted by molar-refractivity contribution is 6.47. The highest BCUT2D eigenvalue weighted by atomic mass is 19.1. The van der Waals surface area contributed by atoms with Gasteiger partial charge in [-0.1, -0.05) is 40.7 Å². The molecule has 0 atom stereocenters. The molecule has 0 aromatic heterocycles. The monoisotopic (exact) mass is 398 g/mol. The summed E-state index contributed by atoms with van der Waals surface area (Å²) in [5.74, 6) is -0.774. The number of halogens is 1. The Labute approximate surface area is 169 Å². The molecule has 6 nitrogen and oxygen atoms in total. The van der Waals surface area contributed by atoms with Crippen molar-refractivity contribution in [3.05, 3.63) is 77.1 Å². The molecule has 7 heteroatoms. The molecule has 152 valence electrons. The average Bonchev–Trinajstić information content (AvgIpc) is 2.74. The topological polar surface area (TPSA) is 69.5 Å². The lowest BCUT2D eigenvalue weighted by atomic mass is 10.00. The van der Waals surface area contributed by atoms with Gasteiger partial charge in [0.05, 0.1) is 12.7 Å². The fourth-order valence-electron chi connectivity index (χ4n) is 2.67. The quantitative estimate of drug-likeness (QED) is 0.287. The van der Waals surface area contributed by atoms with Crippen molar-refractivity contribution in [2.24, 2.45) is 10.3 Å². The van der Waals surface area contributed by atoms with Crippen LogP contribution in [0.25, 0.3) is 5.57 Å².